The Hall–Kier alpha value is -3.16. The van der Waals surface area contributed by atoms with E-state index in [-0.39, 0.29) is 19.4 Å². The first-order valence-electron chi connectivity index (χ1n) is 33.4. The number of allylic oxidation sites excluding steroid dienone is 13. The molecular weight excluding hydrogens is 1010 g/mol. The summed E-state index contributed by atoms with van der Waals surface area (Å²) in [6, 6.07) is -1.04. The van der Waals surface area contributed by atoms with Crippen molar-refractivity contribution in [3.8, 4) is 0 Å². The zero-order valence-corrected chi connectivity index (χ0v) is 51.9. The van der Waals surface area contributed by atoms with E-state index in [1.165, 1.54) is 173 Å². The number of carbonyl (C=O) groups is 2. The Kier molecular flexibility index (Phi) is 53.6. The molecule has 1 amide bonds. The molecule has 1 aliphatic heterocycles. The molecule has 81 heavy (non-hydrogen) atoms. The zero-order chi connectivity index (χ0) is 58.9. The van der Waals surface area contributed by atoms with Crippen LogP contribution in [0.25, 0.3) is 0 Å². The molecule has 1 heterocycles. The number of nitrogens with one attached hydrogen (secondary N) is 1. The zero-order valence-electron chi connectivity index (χ0n) is 51.9. The van der Waals surface area contributed by atoms with Gasteiger partial charge in [-0.2, -0.15) is 0 Å². The van der Waals surface area contributed by atoms with Crippen LogP contribution in [0.2, 0.25) is 0 Å². The summed E-state index contributed by atoms with van der Waals surface area (Å²) in [6.45, 7) is 5.62. The van der Waals surface area contributed by atoms with E-state index < -0.39 is 67.4 Å². The van der Waals surface area contributed by atoms with Crippen molar-refractivity contribution in [3.05, 3.63) is 85.1 Å². The number of ether oxygens (including phenoxy) is 3. The van der Waals surface area contributed by atoms with Crippen LogP contribution in [0.3, 0.4) is 0 Å². The molecular formula is C70H123NO10. The van der Waals surface area contributed by atoms with E-state index in [0.717, 1.165) is 64.2 Å². The molecule has 0 bridgehead atoms. The number of amides is 1. The number of carbonyl (C=O) groups excluding carboxylic acids is 2. The Morgan fingerprint density at radius 2 is 0.901 bits per heavy atom. The highest BCUT2D eigenvalue weighted by atomic mass is 16.7. The van der Waals surface area contributed by atoms with Gasteiger partial charge in [-0.25, -0.2) is 0 Å². The molecule has 8 atom stereocenters. The average Bonchev–Trinajstić information content (AvgIpc) is 3.50. The third-order valence-electron chi connectivity index (χ3n) is 15.4. The van der Waals surface area contributed by atoms with Crippen molar-refractivity contribution >= 4 is 11.9 Å². The fraction of sp³-hybridized carbons (Fsp3) is 0.771. The standard InChI is InChI=1S/C70H123NO10/c1-4-7-10-13-16-19-22-24-26-27-28-29-30-31-32-33-34-35-36-38-39-42-45-48-51-54-57-63(74)69(78)71-61(62(73)56-53-50-47-44-41-21-18-15-12-9-6-3)60-79-70-68(67(77)66(76)64(59-72)80-70)81-65(75)58-55-52-49-46-43-40-37-25-23-20-17-14-11-8-5-2/h8,11,14,17,20,23-26,37,40,43,53,56,61-64,66-68,70,72-74,76-77H,4-7,9-10,12-13,15-16,18-19,21-22,27-36,38-39,41-42,44-52,54-55,57-60H2,1-3H3,(H,71,78)/b11-8+,17-14+,23-20-,26-24+,37-25-,43-40+,56-53+. The highest BCUT2D eigenvalue weighted by molar-refractivity contribution is 5.80. The quantitative estimate of drug-likeness (QED) is 0.0149. The number of hydrogen-bond acceptors (Lipinski definition) is 10. The molecule has 11 nitrogen and oxygen atoms in total. The van der Waals surface area contributed by atoms with Crippen molar-refractivity contribution in [2.45, 2.75) is 333 Å². The smallest absolute Gasteiger partial charge is 0.306 e. The number of hydrogen-bond donors (Lipinski definition) is 6. The Labute approximate surface area is 495 Å². The topological polar surface area (TPSA) is 175 Å². The molecule has 0 spiro atoms. The number of aliphatic hydroxyl groups is 5. The van der Waals surface area contributed by atoms with E-state index in [0.29, 0.717) is 12.8 Å². The van der Waals surface area contributed by atoms with Crippen molar-refractivity contribution in [3.63, 3.8) is 0 Å². The van der Waals surface area contributed by atoms with E-state index >= 15 is 0 Å². The van der Waals surface area contributed by atoms with E-state index in [1.54, 1.807) is 6.08 Å². The van der Waals surface area contributed by atoms with Gasteiger partial charge in [0.05, 0.1) is 25.4 Å². The van der Waals surface area contributed by atoms with Gasteiger partial charge in [0, 0.05) is 6.42 Å². The van der Waals surface area contributed by atoms with Gasteiger partial charge in [-0.1, -0.05) is 292 Å². The summed E-state index contributed by atoms with van der Waals surface area (Å²) in [5, 5.41) is 57.0. The molecule has 0 aromatic carbocycles. The molecule has 0 aliphatic carbocycles. The first-order valence-corrected chi connectivity index (χ1v) is 33.4. The summed E-state index contributed by atoms with van der Waals surface area (Å²) in [6.07, 6.45) is 65.0. The SMILES string of the molecule is CC/C=C/C=C/C=C\C=C/C=C/CCCCCC(=O)OC1C(OCC(NC(=O)C(O)CCCCCCCCCCCCCCCCCC/C=C/CCCCCCCC)C(O)/C=C/CCCCCCCCCCC)OC(CO)C(O)C1O. The molecule has 0 radical (unpaired) electrons. The molecule has 11 heteroatoms. The maximum Gasteiger partial charge on any atom is 0.306 e. The summed E-state index contributed by atoms with van der Waals surface area (Å²) >= 11 is 0. The van der Waals surface area contributed by atoms with Crippen molar-refractivity contribution in [1.29, 1.82) is 0 Å². The average molecular weight is 1140 g/mol. The van der Waals surface area contributed by atoms with Crippen LogP contribution in [-0.2, 0) is 23.8 Å². The highest BCUT2D eigenvalue weighted by Gasteiger charge is 2.47. The van der Waals surface area contributed by atoms with E-state index in [9.17, 15) is 35.1 Å². The molecule has 1 saturated heterocycles. The lowest BCUT2D eigenvalue weighted by molar-refractivity contribution is -0.305. The van der Waals surface area contributed by atoms with Crippen LogP contribution in [0.15, 0.2) is 85.1 Å². The van der Waals surface area contributed by atoms with Crippen LogP contribution in [-0.4, -0.2) is 99.6 Å². The van der Waals surface area contributed by atoms with Crippen LogP contribution in [0.5, 0.6) is 0 Å². The second-order valence-corrected chi connectivity index (χ2v) is 22.9. The maximum atomic E-state index is 13.5. The fourth-order valence-electron chi connectivity index (χ4n) is 10.1. The molecule has 0 saturated carbocycles. The van der Waals surface area contributed by atoms with Crippen LogP contribution < -0.4 is 5.32 Å². The maximum absolute atomic E-state index is 13.5. The van der Waals surface area contributed by atoms with Crippen molar-refractivity contribution in [1.82, 2.24) is 5.32 Å². The minimum absolute atomic E-state index is 0.0719. The normalized spacial score (nSPS) is 19.2. The Morgan fingerprint density at radius 1 is 0.494 bits per heavy atom. The second kappa shape index (κ2) is 57.3. The molecule has 0 aromatic heterocycles. The van der Waals surface area contributed by atoms with Gasteiger partial charge in [-0.3, -0.25) is 9.59 Å². The van der Waals surface area contributed by atoms with Crippen LogP contribution >= 0.6 is 0 Å². The summed E-state index contributed by atoms with van der Waals surface area (Å²) in [7, 11) is 0. The summed E-state index contributed by atoms with van der Waals surface area (Å²) < 4.78 is 17.6. The van der Waals surface area contributed by atoms with Crippen molar-refractivity contribution in [2.24, 2.45) is 0 Å². The lowest BCUT2D eigenvalue weighted by Gasteiger charge is -2.41. The Bertz CT molecular complexity index is 1640. The number of unbranched alkanes of at least 4 members (excludes halogenated alkanes) is 34. The van der Waals surface area contributed by atoms with Gasteiger partial charge in [0.15, 0.2) is 12.4 Å². The van der Waals surface area contributed by atoms with Crippen molar-refractivity contribution in [2.75, 3.05) is 13.2 Å². The fourth-order valence-corrected chi connectivity index (χ4v) is 10.1. The predicted molar refractivity (Wildman–Crippen MR) is 338 cm³/mol. The van der Waals surface area contributed by atoms with E-state index in [2.05, 4.69) is 50.4 Å². The molecule has 468 valence electrons. The number of rotatable bonds is 56. The van der Waals surface area contributed by atoms with Gasteiger partial charge in [0.1, 0.15) is 24.4 Å². The number of esters is 1. The molecule has 1 fully saturated rings. The van der Waals surface area contributed by atoms with E-state index in [4.69, 9.17) is 14.2 Å². The number of aliphatic hydroxyl groups excluding tert-OH is 5. The molecule has 1 rings (SSSR count). The molecule has 8 unspecified atom stereocenters. The first kappa shape index (κ1) is 75.9. The summed E-state index contributed by atoms with van der Waals surface area (Å²) in [5.41, 5.74) is 0. The lowest BCUT2D eigenvalue weighted by atomic mass is 9.99. The summed E-state index contributed by atoms with van der Waals surface area (Å²) in [4.78, 5) is 26.6. The predicted octanol–water partition coefficient (Wildman–Crippen LogP) is 16.5. The third-order valence-corrected chi connectivity index (χ3v) is 15.4. The Balaban J connectivity index is 2.57. The minimum Gasteiger partial charge on any atom is -0.454 e. The monoisotopic (exact) mass is 1140 g/mol. The minimum atomic E-state index is -1.63. The highest BCUT2D eigenvalue weighted by Crippen LogP contribution is 2.26. The van der Waals surface area contributed by atoms with E-state index in [1.807, 2.05) is 54.7 Å². The molecule has 0 aromatic rings. The van der Waals surface area contributed by atoms with Gasteiger partial charge in [-0.05, 0) is 70.6 Å². The molecule has 6 N–H and O–H groups in total. The van der Waals surface area contributed by atoms with Gasteiger partial charge in [0.25, 0.3) is 0 Å². The third kappa shape index (κ3) is 45.0. The van der Waals surface area contributed by atoms with Gasteiger partial charge < -0.3 is 45.1 Å². The van der Waals surface area contributed by atoms with Crippen LogP contribution in [0.4, 0.5) is 0 Å². The second-order valence-electron chi connectivity index (χ2n) is 22.9. The first-order chi connectivity index (χ1) is 39.7. The van der Waals surface area contributed by atoms with Gasteiger partial charge >= 0.3 is 5.97 Å². The summed E-state index contributed by atoms with van der Waals surface area (Å²) in [5.74, 6) is -1.24. The largest absolute Gasteiger partial charge is 0.454 e. The molecule has 1 aliphatic rings. The Morgan fingerprint density at radius 3 is 1.37 bits per heavy atom. The van der Waals surface area contributed by atoms with Gasteiger partial charge in [-0.15, -0.1) is 0 Å². The van der Waals surface area contributed by atoms with Gasteiger partial charge in [0.2, 0.25) is 5.91 Å². The lowest BCUT2D eigenvalue weighted by Crippen LogP contribution is -2.61. The van der Waals surface area contributed by atoms with Crippen LogP contribution in [0.1, 0.15) is 284 Å². The van der Waals surface area contributed by atoms with Crippen LogP contribution in [0, 0.1) is 0 Å². The van der Waals surface area contributed by atoms with Crippen molar-refractivity contribution < 1.29 is 49.3 Å².